The van der Waals surface area contributed by atoms with Crippen LogP contribution in [0.25, 0.3) is 0 Å². The number of nitrogens with zero attached hydrogens (tertiary/aromatic N) is 1. The van der Waals surface area contributed by atoms with E-state index in [-0.39, 0.29) is 5.91 Å². The lowest BCUT2D eigenvalue weighted by atomic mass is 9.97. The van der Waals surface area contributed by atoms with E-state index in [1.54, 1.807) is 0 Å². The van der Waals surface area contributed by atoms with Crippen LogP contribution < -0.4 is 11.1 Å². The van der Waals surface area contributed by atoms with E-state index in [2.05, 4.69) is 16.4 Å². The molecule has 4 nitrogen and oxygen atoms in total. The Labute approximate surface area is 111 Å². The Kier molecular flexibility index (Phi) is 4.36. The van der Waals surface area contributed by atoms with Crippen molar-refractivity contribution in [2.45, 2.75) is 39.0 Å². The summed E-state index contributed by atoms with van der Waals surface area (Å²) in [6.07, 6.45) is 8.22. The second-order valence-electron chi connectivity index (χ2n) is 4.58. The van der Waals surface area contributed by atoms with Gasteiger partial charge in [0, 0.05) is 6.54 Å². The Morgan fingerprint density at radius 2 is 2.39 bits per heavy atom. The Balaban J connectivity index is 1.81. The lowest BCUT2D eigenvalue weighted by Crippen LogP contribution is -2.24. The Hall–Kier alpha value is -1.36. The Bertz CT molecular complexity index is 465. The lowest BCUT2D eigenvalue weighted by Gasteiger charge is -2.12. The summed E-state index contributed by atoms with van der Waals surface area (Å²) >= 11 is 1.25. The third kappa shape index (κ3) is 3.32. The van der Waals surface area contributed by atoms with Crippen LogP contribution in [0.1, 0.15) is 47.5 Å². The van der Waals surface area contributed by atoms with Crippen molar-refractivity contribution in [3.8, 4) is 0 Å². The summed E-state index contributed by atoms with van der Waals surface area (Å²) in [6, 6.07) is 0. The lowest BCUT2D eigenvalue weighted by molar-refractivity contribution is 0.0957. The molecule has 0 aliphatic heterocycles. The highest BCUT2D eigenvalue weighted by Crippen LogP contribution is 2.21. The highest BCUT2D eigenvalue weighted by Gasteiger charge is 2.13. The topological polar surface area (TPSA) is 68.0 Å². The summed E-state index contributed by atoms with van der Waals surface area (Å²) in [5.74, 6) is -0.0573. The SMILES string of the molecule is Cc1nc(N)sc1C(=O)NCCC1=CCCCC1. The fourth-order valence-corrected chi connectivity index (χ4v) is 2.93. The molecule has 0 saturated carbocycles. The number of nitrogen functional groups attached to an aromatic ring is 1. The molecule has 18 heavy (non-hydrogen) atoms. The summed E-state index contributed by atoms with van der Waals surface area (Å²) in [5, 5.41) is 3.39. The van der Waals surface area contributed by atoms with E-state index in [1.165, 1.54) is 42.6 Å². The molecule has 1 aliphatic carbocycles. The van der Waals surface area contributed by atoms with Gasteiger partial charge in [0.1, 0.15) is 4.88 Å². The number of aromatic nitrogens is 1. The zero-order chi connectivity index (χ0) is 13.0. The van der Waals surface area contributed by atoms with E-state index < -0.39 is 0 Å². The maximum absolute atomic E-state index is 11.9. The molecule has 1 aliphatic rings. The van der Waals surface area contributed by atoms with Gasteiger partial charge in [-0.2, -0.15) is 0 Å². The quantitative estimate of drug-likeness (QED) is 0.822. The molecule has 0 unspecified atom stereocenters. The molecule has 1 aromatic heterocycles. The molecule has 98 valence electrons. The molecule has 0 bridgehead atoms. The minimum absolute atomic E-state index is 0.0573. The predicted molar refractivity (Wildman–Crippen MR) is 74.8 cm³/mol. The van der Waals surface area contributed by atoms with Gasteiger partial charge in [-0.1, -0.05) is 23.0 Å². The highest BCUT2D eigenvalue weighted by atomic mass is 32.1. The van der Waals surface area contributed by atoms with Crippen LogP contribution in [-0.4, -0.2) is 17.4 Å². The molecule has 5 heteroatoms. The first-order valence-electron chi connectivity index (χ1n) is 6.36. The Morgan fingerprint density at radius 3 is 3.00 bits per heavy atom. The van der Waals surface area contributed by atoms with E-state index in [0.29, 0.717) is 22.2 Å². The van der Waals surface area contributed by atoms with Gasteiger partial charge < -0.3 is 11.1 Å². The van der Waals surface area contributed by atoms with Crippen LogP contribution in [0, 0.1) is 6.92 Å². The van der Waals surface area contributed by atoms with Crippen molar-refractivity contribution < 1.29 is 4.79 Å². The van der Waals surface area contributed by atoms with Gasteiger partial charge in [-0.3, -0.25) is 4.79 Å². The van der Waals surface area contributed by atoms with Crippen molar-refractivity contribution in [2.24, 2.45) is 0 Å². The third-order valence-electron chi connectivity index (χ3n) is 3.14. The molecule has 0 aromatic carbocycles. The van der Waals surface area contributed by atoms with Crippen LogP contribution in [0.4, 0.5) is 5.13 Å². The van der Waals surface area contributed by atoms with Gasteiger partial charge >= 0.3 is 0 Å². The maximum Gasteiger partial charge on any atom is 0.263 e. The fraction of sp³-hybridized carbons (Fsp3) is 0.538. The number of nitrogens with two attached hydrogens (primary N) is 1. The number of thiazole rings is 1. The number of allylic oxidation sites excluding steroid dienone is 1. The monoisotopic (exact) mass is 265 g/mol. The van der Waals surface area contributed by atoms with Crippen molar-refractivity contribution in [1.82, 2.24) is 10.3 Å². The number of carbonyl (C=O) groups excluding carboxylic acids is 1. The molecular formula is C13H19N3OS. The van der Waals surface area contributed by atoms with Gasteiger partial charge in [-0.05, 0) is 39.0 Å². The minimum atomic E-state index is -0.0573. The minimum Gasteiger partial charge on any atom is -0.375 e. The van der Waals surface area contributed by atoms with E-state index in [0.717, 1.165) is 6.42 Å². The predicted octanol–water partition coefficient (Wildman–Crippen LogP) is 2.65. The molecule has 0 saturated heterocycles. The molecule has 0 spiro atoms. The van der Waals surface area contributed by atoms with Crippen LogP contribution in [0.15, 0.2) is 11.6 Å². The van der Waals surface area contributed by atoms with Crippen LogP contribution >= 0.6 is 11.3 Å². The number of amides is 1. The third-order valence-corrected chi connectivity index (χ3v) is 4.12. The second kappa shape index (κ2) is 6.00. The molecule has 2 rings (SSSR count). The fourth-order valence-electron chi connectivity index (χ4n) is 2.18. The van der Waals surface area contributed by atoms with E-state index in [9.17, 15) is 4.79 Å². The van der Waals surface area contributed by atoms with Gasteiger partial charge in [-0.25, -0.2) is 4.98 Å². The smallest absolute Gasteiger partial charge is 0.263 e. The Morgan fingerprint density at radius 1 is 1.56 bits per heavy atom. The van der Waals surface area contributed by atoms with E-state index in [4.69, 9.17) is 5.73 Å². The molecule has 3 N–H and O–H groups in total. The molecule has 1 heterocycles. The zero-order valence-electron chi connectivity index (χ0n) is 10.7. The van der Waals surface area contributed by atoms with Gasteiger partial charge in [0.25, 0.3) is 5.91 Å². The average molecular weight is 265 g/mol. The molecule has 0 radical (unpaired) electrons. The van der Waals surface area contributed by atoms with Crippen LogP contribution in [0.5, 0.6) is 0 Å². The second-order valence-corrected chi connectivity index (χ2v) is 5.61. The van der Waals surface area contributed by atoms with Crippen LogP contribution in [0.3, 0.4) is 0 Å². The van der Waals surface area contributed by atoms with Gasteiger partial charge in [-0.15, -0.1) is 0 Å². The summed E-state index contributed by atoms with van der Waals surface area (Å²) in [5.41, 5.74) is 7.77. The number of hydrogen-bond donors (Lipinski definition) is 2. The molecule has 1 aromatic rings. The van der Waals surface area contributed by atoms with Gasteiger partial charge in [0.05, 0.1) is 5.69 Å². The molecule has 0 atom stereocenters. The van der Waals surface area contributed by atoms with Crippen molar-refractivity contribution >= 4 is 22.4 Å². The van der Waals surface area contributed by atoms with Crippen molar-refractivity contribution in [2.75, 3.05) is 12.3 Å². The first kappa shape index (κ1) is 13.1. The van der Waals surface area contributed by atoms with E-state index in [1.807, 2.05) is 6.92 Å². The molecular weight excluding hydrogens is 246 g/mol. The summed E-state index contributed by atoms with van der Waals surface area (Å²) in [6.45, 7) is 2.51. The molecule has 1 amide bonds. The first-order valence-corrected chi connectivity index (χ1v) is 7.17. The highest BCUT2D eigenvalue weighted by molar-refractivity contribution is 7.17. The average Bonchev–Trinajstić information content (AvgIpc) is 2.70. The molecule has 0 fully saturated rings. The van der Waals surface area contributed by atoms with Crippen LogP contribution in [-0.2, 0) is 0 Å². The zero-order valence-corrected chi connectivity index (χ0v) is 11.5. The largest absolute Gasteiger partial charge is 0.375 e. The first-order chi connectivity index (χ1) is 8.66. The summed E-state index contributed by atoms with van der Waals surface area (Å²) in [7, 11) is 0. The van der Waals surface area contributed by atoms with Crippen molar-refractivity contribution in [3.05, 3.63) is 22.2 Å². The summed E-state index contributed by atoms with van der Waals surface area (Å²) in [4.78, 5) is 16.6. The van der Waals surface area contributed by atoms with Crippen LogP contribution in [0.2, 0.25) is 0 Å². The number of aryl methyl sites for hydroxylation is 1. The summed E-state index contributed by atoms with van der Waals surface area (Å²) < 4.78 is 0. The van der Waals surface area contributed by atoms with Gasteiger partial charge in [0.2, 0.25) is 0 Å². The number of anilines is 1. The number of rotatable bonds is 4. The standard InChI is InChI=1S/C13H19N3OS/c1-9-11(18-13(14)16-9)12(17)15-8-7-10-5-3-2-4-6-10/h5H,2-4,6-8H2,1H3,(H2,14,16)(H,15,17). The van der Waals surface area contributed by atoms with Crippen molar-refractivity contribution in [1.29, 1.82) is 0 Å². The van der Waals surface area contributed by atoms with E-state index >= 15 is 0 Å². The van der Waals surface area contributed by atoms with Gasteiger partial charge in [0.15, 0.2) is 5.13 Å². The number of carbonyl (C=O) groups is 1. The normalized spacial score (nSPS) is 15.3. The maximum atomic E-state index is 11.9. The van der Waals surface area contributed by atoms with Crippen molar-refractivity contribution in [3.63, 3.8) is 0 Å². The number of nitrogens with one attached hydrogen (secondary N) is 1. The number of hydrogen-bond acceptors (Lipinski definition) is 4.